The Bertz CT molecular complexity index is 626. The molecular weight excluding hydrogens is 322 g/mol. The quantitative estimate of drug-likeness (QED) is 0.606. The van der Waals surface area contributed by atoms with Crippen LogP contribution in [0.3, 0.4) is 0 Å². The second-order valence-electron chi connectivity index (χ2n) is 4.07. The fraction of sp³-hybridized carbons (Fsp3) is 0.0667. The minimum Gasteiger partial charge on any atom is -0.488 e. The lowest BCUT2D eigenvalue weighted by atomic mass is 10.2. The zero-order valence-corrected chi connectivity index (χ0v) is 12.1. The molecule has 0 aliphatic rings. The Hall–Kier alpha value is -2.14. The van der Waals surface area contributed by atoms with Gasteiger partial charge >= 0.3 is 0 Å². The van der Waals surface area contributed by atoms with Gasteiger partial charge in [0, 0.05) is 6.08 Å². The van der Waals surface area contributed by atoms with Gasteiger partial charge in [-0.05, 0) is 39.2 Å². The van der Waals surface area contributed by atoms with Gasteiger partial charge in [-0.25, -0.2) is 0 Å². The maximum atomic E-state index is 10.3. The Balaban J connectivity index is 2.04. The lowest BCUT2D eigenvalue weighted by molar-refractivity contribution is -0.400. The van der Waals surface area contributed by atoms with Crippen LogP contribution >= 0.6 is 15.9 Å². The van der Waals surface area contributed by atoms with E-state index < -0.39 is 4.92 Å². The molecular formula is C15H12BrNO3. The Morgan fingerprint density at radius 1 is 1.20 bits per heavy atom. The third-order valence-electron chi connectivity index (χ3n) is 2.58. The molecule has 0 saturated carbocycles. The van der Waals surface area contributed by atoms with Crippen LogP contribution in [0, 0.1) is 10.1 Å². The van der Waals surface area contributed by atoms with Crippen LogP contribution in [0.15, 0.2) is 59.2 Å². The summed E-state index contributed by atoms with van der Waals surface area (Å²) in [4.78, 5) is 9.77. The highest BCUT2D eigenvalue weighted by molar-refractivity contribution is 9.10. The molecule has 0 N–H and O–H groups in total. The number of hydrogen-bond donors (Lipinski definition) is 0. The Morgan fingerprint density at radius 2 is 1.95 bits per heavy atom. The van der Waals surface area contributed by atoms with Crippen molar-refractivity contribution in [3.63, 3.8) is 0 Å². The molecule has 0 heterocycles. The van der Waals surface area contributed by atoms with E-state index in [1.165, 1.54) is 6.08 Å². The van der Waals surface area contributed by atoms with E-state index >= 15 is 0 Å². The van der Waals surface area contributed by atoms with Crippen LogP contribution in [-0.2, 0) is 6.61 Å². The van der Waals surface area contributed by atoms with Gasteiger partial charge < -0.3 is 4.74 Å². The minimum absolute atomic E-state index is 0.476. The lowest BCUT2D eigenvalue weighted by Gasteiger charge is -2.08. The second kappa shape index (κ2) is 6.86. The van der Waals surface area contributed by atoms with Gasteiger partial charge in [0.05, 0.1) is 9.40 Å². The highest BCUT2D eigenvalue weighted by Crippen LogP contribution is 2.27. The molecule has 0 unspecified atom stereocenters. The summed E-state index contributed by atoms with van der Waals surface area (Å²) >= 11 is 3.40. The summed E-state index contributed by atoms with van der Waals surface area (Å²) in [6, 6.07) is 15.2. The molecule has 2 aromatic rings. The molecule has 0 aliphatic heterocycles. The lowest BCUT2D eigenvalue weighted by Crippen LogP contribution is -1.95. The van der Waals surface area contributed by atoms with Crippen molar-refractivity contribution in [2.45, 2.75) is 6.61 Å². The van der Waals surface area contributed by atoms with Crippen LogP contribution in [0.25, 0.3) is 6.08 Å². The largest absolute Gasteiger partial charge is 0.488 e. The number of ether oxygens (including phenoxy) is 1. The van der Waals surface area contributed by atoms with Crippen LogP contribution in [0.4, 0.5) is 0 Å². The molecule has 4 nitrogen and oxygen atoms in total. The molecule has 2 aromatic carbocycles. The first-order valence-corrected chi connectivity index (χ1v) is 6.72. The molecule has 0 bridgehead atoms. The van der Waals surface area contributed by atoms with Gasteiger partial charge in [-0.1, -0.05) is 36.4 Å². The molecule has 102 valence electrons. The molecule has 5 heteroatoms. The van der Waals surface area contributed by atoms with Crippen LogP contribution in [-0.4, -0.2) is 4.92 Å². The molecule has 0 aliphatic carbocycles. The van der Waals surface area contributed by atoms with E-state index in [4.69, 9.17) is 4.74 Å². The predicted octanol–water partition coefficient (Wildman–Crippen LogP) is 4.28. The number of benzene rings is 2. The fourth-order valence-corrected chi connectivity index (χ4v) is 2.13. The highest BCUT2D eigenvalue weighted by Gasteiger charge is 2.02. The van der Waals surface area contributed by atoms with Gasteiger partial charge in [-0.2, -0.15) is 0 Å². The Labute approximate surface area is 125 Å². The van der Waals surface area contributed by atoms with Crippen LogP contribution in [0.5, 0.6) is 5.75 Å². The van der Waals surface area contributed by atoms with E-state index in [1.807, 2.05) is 30.3 Å². The summed E-state index contributed by atoms with van der Waals surface area (Å²) in [5, 5.41) is 10.3. The van der Waals surface area contributed by atoms with Crippen molar-refractivity contribution in [1.29, 1.82) is 0 Å². The SMILES string of the molecule is O=[N+]([O-])/C=C\c1ccc(OCc2ccccc2)c(Br)c1. The van der Waals surface area contributed by atoms with Crippen LogP contribution < -0.4 is 4.74 Å². The molecule has 0 aromatic heterocycles. The Kier molecular flexibility index (Phi) is 4.90. The number of hydrogen-bond acceptors (Lipinski definition) is 3. The van der Waals surface area contributed by atoms with Crippen LogP contribution in [0.1, 0.15) is 11.1 Å². The summed E-state index contributed by atoms with van der Waals surface area (Å²) in [7, 11) is 0. The van der Waals surface area contributed by atoms with Crippen molar-refractivity contribution < 1.29 is 9.66 Å². The second-order valence-corrected chi connectivity index (χ2v) is 4.92. The first-order valence-electron chi connectivity index (χ1n) is 5.93. The zero-order chi connectivity index (χ0) is 14.4. The molecule has 0 amide bonds. The average molecular weight is 334 g/mol. The number of halogens is 1. The van der Waals surface area contributed by atoms with E-state index in [1.54, 1.807) is 18.2 Å². The van der Waals surface area contributed by atoms with E-state index in [9.17, 15) is 10.1 Å². The van der Waals surface area contributed by atoms with Gasteiger partial charge in [0.2, 0.25) is 6.20 Å². The smallest absolute Gasteiger partial charge is 0.235 e. The van der Waals surface area contributed by atoms with Crippen molar-refractivity contribution in [3.05, 3.63) is 80.4 Å². The molecule has 0 atom stereocenters. The number of rotatable bonds is 5. The van der Waals surface area contributed by atoms with Gasteiger partial charge in [-0.15, -0.1) is 0 Å². The molecule has 0 fully saturated rings. The van der Waals surface area contributed by atoms with Gasteiger partial charge in [0.25, 0.3) is 0 Å². The molecule has 2 rings (SSSR count). The van der Waals surface area contributed by atoms with Crippen LogP contribution in [0.2, 0.25) is 0 Å². The third-order valence-corrected chi connectivity index (χ3v) is 3.20. The molecule has 0 radical (unpaired) electrons. The average Bonchev–Trinajstić information content (AvgIpc) is 2.45. The zero-order valence-electron chi connectivity index (χ0n) is 10.5. The first kappa shape index (κ1) is 14.3. The maximum absolute atomic E-state index is 10.3. The minimum atomic E-state index is -0.492. The Morgan fingerprint density at radius 3 is 2.60 bits per heavy atom. The van der Waals surface area contributed by atoms with Crippen molar-refractivity contribution in [1.82, 2.24) is 0 Å². The third kappa shape index (κ3) is 4.20. The summed E-state index contributed by atoms with van der Waals surface area (Å²) < 4.78 is 6.46. The monoisotopic (exact) mass is 333 g/mol. The first-order chi connectivity index (χ1) is 9.65. The van der Waals surface area contributed by atoms with Crippen molar-refractivity contribution in [2.75, 3.05) is 0 Å². The van der Waals surface area contributed by atoms with E-state index in [2.05, 4.69) is 15.9 Å². The molecule has 0 saturated heterocycles. The normalized spacial score (nSPS) is 10.7. The van der Waals surface area contributed by atoms with E-state index in [0.717, 1.165) is 21.8 Å². The summed E-state index contributed by atoms with van der Waals surface area (Å²) in [5.41, 5.74) is 1.82. The summed E-state index contributed by atoms with van der Waals surface area (Å²) in [6.07, 6.45) is 2.35. The van der Waals surface area contributed by atoms with E-state index in [-0.39, 0.29) is 0 Å². The van der Waals surface area contributed by atoms with Gasteiger partial charge in [0.15, 0.2) is 0 Å². The molecule has 20 heavy (non-hydrogen) atoms. The summed E-state index contributed by atoms with van der Waals surface area (Å²) in [6.45, 7) is 0.476. The van der Waals surface area contributed by atoms with Crippen molar-refractivity contribution in [3.8, 4) is 5.75 Å². The number of nitrogens with zero attached hydrogens (tertiary/aromatic N) is 1. The van der Waals surface area contributed by atoms with Gasteiger partial charge in [0.1, 0.15) is 12.4 Å². The molecule has 0 spiro atoms. The van der Waals surface area contributed by atoms with Crippen molar-refractivity contribution in [2.24, 2.45) is 0 Å². The maximum Gasteiger partial charge on any atom is 0.235 e. The van der Waals surface area contributed by atoms with Gasteiger partial charge in [-0.3, -0.25) is 10.1 Å². The topological polar surface area (TPSA) is 52.4 Å². The summed E-state index contributed by atoms with van der Waals surface area (Å²) in [5.74, 6) is 0.701. The highest BCUT2D eigenvalue weighted by atomic mass is 79.9. The standard InChI is InChI=1S/C15H12BrNO3/c16-14-10-12(8-9-17(18)19)6-7-15(14)20-11-13-4-2-1-3-5-13/h1-10H,11H2/b9-8-. The predicted molar refractivity (Wildman–Crippen MR) is 80.9 cm³/mol. The fourth-order valence-electron chi connectivity index (χ4n) is 1.62. The number of nitro groups is 1. The van der Waals surface area contributed by atoms with Crippen molar-refractivity contribution >= 4 is 22.0 Å². The van der Waals surface area contributed by atoms with E-state index in [0.29, 0.717) is 12.4 Å².